The van der Waals surface area contributed by atoms with Crippen LogP contribution in [0.2, 0.25) is 0 Å². The molecule has 0 heterocycles. The Kier molecular flexibility index (Phi) is 5.37. The highest BCUT2D eigenvalue weighted by Gasteiger charge is 2.32. The fourth-order valence-corrected chi connectivity index (χ4v) is 2.76. The third-order valence-corrected chi connectivity index (χ3v) is 4.40. The van der Waals surface area contributed by atoms with Crippen LogP contribution in [0.1, 0.15) is 39.0 Å². The molecule has 102 valence electrons. The summed E-state index contributed by atoms with van der Waals surface area (Å²) in [5, 5.41) is 18.1. The number of nitrogens with two attached hydrogens (primary N) is 1. The van der Waals surface area contributed by atoms with Gasteiger partial charge in [-0.1, -0.05) is 13.3 Å². The molecule has 4 N–H and O–H groups in total. The topological polar surface area (TPSA) is 92.4 Å². The first-order chi connectivity index (χ1) is 7.85. The highest BCUT2D eigenvalue weighted by Crippen LogP contribution is 2.33. The summed E-state index contributed by atoms with van der Waals surface area (Å²) in [4.78, 5) is 0. The highest BCUT2D eigenvalue weighted by atomic mass is 32.2. The van der Waals surface area contributed by atoms with E-state index in [0.29, 0.717) is 13.1 Å². The normalized spacial score (nSPS) is 30.4. The van der Waals surface area contributed by atoms with Crippen molar-refractivity contribution in [3.63, 3.8) is 0 Å². The largest absolute Gasteiger partial charge is 0.389 e. The molecule has 0 atom stereocenters. The Morgan fingerprint density at radius 2 is 2.00 bits per heavy atom. The average Bonchev–Trinajstić information content (AvgIpc) is 2.25. The summed E-state index contributed by atoms with van der Waals surface area (Å²) in [6.45, 7) is 2.94. The zero-order valence-electron chi connectivity index (χ0n) is 10.5. The van der Waals surface area contributed by atoms with E-state index in [2.05, 4.69) is 12.2 Å². The van der Waals surface area contributed by atoms with Crippen LogP contribution in [0.3, 0.4) is 0 Å². The molecule has 0 bridgehead atoms. The Morgan fingerprint density at radius 3 is 2.47 bits per heavy atom. The summed E-state index contributed by atoms with van der Waals surface area (Å²) in [5.74, 6) is 0.653. The van der Waals surface area contributed by atoms with Gasteiger partial charge in [-0.25, -0.2) is 13.6 Å². The summed E-state index contributed by atoms with van der Waals surface area (Å²) in [5.41, 5.74) is -0.663. The van der Waals surface area contributed by atoms with E-state index in [4.69, 9.17) is 5.14 Å². The van der Waals surface area contributed by atoms with E-state index in [1.165, 1.54) is 6.42 Å². The van der Waals surface area contributed by atoms with Crippen molar-refractivity contribution in [1.82, 2.24) is 5.32 Å². The molecule has 0 aliphatic heterocycles. The first-order valence-corrected chi connectivity index (χ1v) is 8.00. The Balaban J connectivity index is 2.23. The van der Waals surface area contributed by atoms with E-state index in [-0.39, 0.29) is 5.75 Å². The molecule has 0 radical (unpaired) electrons. The second kappa shape index (κ2) is 6.13. The molecule has 0 amide bonds. The van der Waals surface area contributed by atoms with E-state index >= 15 is 0 Å². The molecule has 0 aromatic carbocycles. The van der Waals surface area contributed by atoms with Crippen molar-refractivity contribution in [2.24, 2.45) is 11.1 Å². The zero-order chi connectivity index (χ0) is 12.9. The van der Waals surface area contributed by atoms with Crippen molar-refractivity contribution < 1.29 is 13.5 Å². The number of aliphatic hydroxyl groups is 1. The van der Waals surface area contributed by atoms with Gasteiger partial charge in [0, 0.05) is 13.1 Å². The summed E-state index contributed by atoms with van der Waals surface area (Å²) in [6.07, 6.45) is 4.89. The van der Waals surface area contributed by atoms with Crippen molar-refractivity contribution in [1.29, 1.82) is 0 Å². The lowest BCUT2D eigenvalue weighted by atomic mass is 9.78. The van der Waals surface area contributed by atoms with Gasteiger partial charge in [0.2, 0.25) is 10.0 Å². The number of primary sulfonamides is 1. The fraction of sp³-hybridized carbons (Fsp3) is 1.00. The summed E-state index contributed by atoms with van der Waals surface area (Å²) >= 11 is 0. The predicted octanol–water partition coefficient (Wildman–Crippen LogP) is 0.196. The molecule has 17 heavy (non-hydrogen) atoms. The van der Waals surface area contributed by atoms with Crippen molar-refractivity contribution >= 4 is 10.0 Å². The maximum atomic E-state index is 10.7. The Morgan fingerprint density at radius 1 is 1.41 bits per heavy atom. The Bertz CT molecular complexity index is 322. The lowest BCUT2D eigenvalue weighted by Crippen LogP contribution is -2.44. The van der Waals surface area contributed by atoms with Crippen LogP contribution < -0.4 is 10.5 Å². The van der Waals surface area contributed by atoms with E-state index in [1.54, 1.807) is 0 Å². The summed E-state index contributed by atoms with van der Waals surface area (Å²) < 4.78 is 21.4. The number of hydrogen-bond donors (Lipinski definition) is 3. The van der Waals surface area contributed by atoms with Crippen LogP contribution in [0.5, 0.6) is 0 Å². The molecule has 1 aliphatic carbocycles. The molecule has 1 fully saturated rings. The second-order valence-corrected chi connectivity index (χ2v) is 6.85. The summed E-state index contributed by atoms with van der Waals surface area (Å²) in [6, 6.07) is 0. The molecule has 1 aliphatic rings. The van der Waals surface area contributed by atoms with Crippen LogP contribution in [0.25, 0.3) is 0 Å². The Hall–Kier alpha value is -0.170. The van der Waals surface area contributed by atoms with Gasteiger partial charge in [0.1, 0.15) is 0 Å². The standard InChI is InChI=1S/C11H24N2O3S/c1-2-10-3-5-11(14,6-4-10)9-13-7-8-17(12,15)16/h10,13-14H,2-9H2,1H3,(H2,12,15,16). The van der Waals surface area contributed by atoms with Crippen LogP contribution in [0, 0.1) is 5.92 Å². The quantitative estimate of drug-likeness (QED) is 0.597. The van der Waals surface area contributed by atoms with Crippen LogP contribution in [0.15, 0.2) is 0 Å². The van der Waals surface area contributed by atoms with E-state index < -0.39 is 15.6 Å². The molecule has 1 rings (SSSR count). The van der Waals surface area contributed by atoms with Gasteiger partial charge in [0.05, 0.1) is 11.4 Å². The van der Waals surface area contributed by atoms with Gasteiger partial charge in [0.15, 0.2) is 0 Å². The lowest BCUT2D eigenvalue weighted by molar-refractivity contribution is -0.00811. The van der Waals surface area contributed by atoms with Gasteiger partial charge in [-0.2, -0.15) is 0 Å². The SMILES string of the molecule is CCC1CCC(O)(CNCCS(N)(=O)=O)CC1. The molecule has 0 spiro atoms. The molecule has 6 heteroatoms. The molecule has 1 saturated carbocycles. The number of nitrogens with one attached hydrogen (secondary N) is 1. The third-order valence-electron chi connectivity index (χ3n) is 3.63. The van der Waals surface area contributed by atoms with E-state index in [9.17, 15) is 13.5 Å². The number of rotatable bonds is 6. The van der Waals surface area contributed by atoms with Crippen molar-refractivity contribution in [3.8, 4) is 0 Å². The third kappa shape index (κ3) is 5.81. The fourth-order valence-electron chi connectivity index (χ4n) is 2.34. The average molecular weight is 264 g/mol. The number of sulfonamides is 1. The zero-order valence-corrected chi connectivity index (χ0v) is 11.3. The maximum absolute atomic E-state index is 10.7. The van der Waals surface area contributed by atoms with Crippen molar-refractivity contribution in [2.45, 2.75) is 44.6 Å². The first-order valence-electron chi connectivity index (χ1n) is 6.28. The minimum absolute atomic E-state index is 0.0827. The first kappa shape index (κ1) is 14.9. The predicted molar refractivity (Wildman–Crippen MR) is 68.0 cm³/mol. The molecule has 0 saturated heterocycles. The molecule has 0 aromatic rings. The van der Waals surface area contributed by atoms with Crippen LogP contribution in [0.4, 0.5) is 0 Å². The van der Waals surface area contributed by atoms with Crippen LogP contribution >= 0.6 is 0 Å². The molecule has 0 aromatic heterocycles. The second-order valence-electron chi connectivity index (χ2n) is 5.12. The van der Waals surface area contributed by atoms with Gasteiger partial charge >= 0.3 is 0 Å². The van der Waals surface area contributed by atoms with Crippen LogP contribution in [-0.4, -0.2) is 38.0 Å². The maximum Gasteiger partial charge on any atom is 0.210 e. The van der Waals surface area contributed by atoms with Gasteiger partial charge in [-0.15, -0.1) is 0 Å². The molecular weight excluding hydrogens is 240 g/mol. The number of hydrogen-bond acceptors (Lipinski definition) is 4. The minimum Gasteiger partial charge on any atom is -0.389 e. The van der Waals surface area contributed by atoms with Gasteiger partial charge < -0.3 is 10.4 Å². The van der Waals surface area contributed by atoms with Crippen LogP contribution in [-0.2, 0) is 10.0 Å². The summed E-state index contributed by atoms with van der Waals surface area (Å²) in [7, 11) is -3.40. The smallest absolute Gasteiger partial charge is 0.210 e. The molecule has 0 unspecified atom stereocenters. The lowest BCUT2D eigenvalue weighted by Gasteiger charge is -2.36. The van der Waals surface area contributed by atoms with Gasteiger partial charge in [-0.3, -0.25) is 0 Å². The minimum atomic E-state index is -3.40. The van der Waals surface area contributed by atoms with E-state index in [0.717, 1.165) is 31.6 Å². The van der Waals surface area contributed by atoms with E-state index in [1.807, 2.05) is 0 Å². The monoisotopic (exact) mass is 264 g/mol. The van der Waals surface area contributed by atoms with Crippen molar-refractivity contribution in [3.05, 3.63) is 0 Å². The van der Waals surface area contributed by atoms with Gasteiger partial charge in [0.25, 0.3) is 0 Å². The van der Waals surface area contributed by atoms with Gasteiger partial charge in [-0.05, 0) is 31.6 Å². The molecule has 5 nitrogen and oxygen atoms in total. The van der Waals surface area contributed by atoms with Crippen molar-refractivity contribution in [2.75, 3.05) is 18.8 Å². The Labute approximate surface area is 104 Å². The highest BCUT2D eigenvalue weighted by molar-refractivity contribution is 7.89. The molecular formula is C11H24N2O3S.